The van der Waals surface area contributed by atoms with Crippen molar-refractivity contribution >= 4 is 33.1 Å². The monoisotopic (exact) mass is 350 g/mol. The third-order valence-electron chi connectivity index (χ3n) is 3.44. The Balaban J connectivity index is 2.32. The Morgan fingerprint density at radius 2 is 1.88 bits per heavy atom. The molecule has 132 valence electrons. The molecule has 2 aromatic rings. The van der Waals surface area contributed by atoms with Crippen LogP contribution in [-0.4, -0.2) is 58.3 Å². The van der Waals surface area contributed by atoms with Crippen LogP contribution >= 0.6 is 11.3 Å². The van der Waals surface area contributed by atoms with Gasteiger partial charge in [-0.05, 0) is 40.1 Å². The normalized spacial score (nSPS) is 11.3. The van der Waals surface area contributed by atoms with E-state index >= 15 is 0 Å². The van der Waals surface area contributed by atoms with E-state index in [1.807, 2.05) is 64.0 Å². The summed E-state index contributed by atoms with van der Waals surface area (Å²) in [6.45, 7) is 5.09. The molecule has 0 saturated carbocycles. The summed E-state index contributed by atoms with van der Waals surface area (Å²) < 4.78 is 12.3. The van der Waals surface area contributed by atoms with E-state index < -0.39 is 0 Å². The van der Waals surface area contributed by atoms with E-state index in [2.05, 4.69) is 6.07 Å². The van der Waals surface area contributed by atoms with Gasteiger partial charge < -0.3 is 19.3 Å². The third-order valence-corrected chi connectivity index (χ3v) is 4.50. The molecule has 0 N–H and O–H groups in total. The molecule has 6 heteroatoms. The van der Waals surface area contributed by atoms with Crippen molar-refractivity contribution in [1.29, 1.82) is 0 Å². The molecule has 0 aliphatic heterocycles. The molecule has 0 aliphatic rings. The first-order valence-electron chi connectivity index (χ1n) is 8.01. The molecule has 1 heterocycles. The number of hydrogen-bond acceptors (Lipinski definition) is 6. The van der Waals surface area contributed by atoms with E-state index in [0.717, 1.165) is 21.5 Å². The Morgan fingerprint density at radius 1 is 1.17 bits per heavy atom. The lowest BCUT2D eigenvalue weighted by atomic mass is 10.2. The van der Waals surface area contributed by atoms with Gasteiger partial charge in [-0.15, -0.1) is 11.3 Å². The zero-order valence-corrected chi connectivity index (χ0v) is 16.1. The molecule has 1 aromatic heterocycles. The minimum Gasteiger partial charge on any atom is -0.490 e. The highest BCUT2D eigenvalue weighted by atomic mass is 32.1. The van der Waals surface area contributed by atoms with E-state index in [9.17, 15) is 4.79 Å². The van der Waals surface area contributed by atoms with Crippen molar-refractivity contribution in [2.24, 2.45) is 0 Å². The first-order chi connectivity index (χ1) is 11.3. The van der Waals surface area contributed by atoms with Gasteiger partial charge in [0.2, 0.25) is 0 Å². The smallest absolute Gasteiger partial charge is 0.348 e. The molecule has 0 spiro atoms. The maximum atomic E-state index is 12.3. The van der Waals surface area contributed by atoms with E-state index in [-0.39, 0.29) is 12.1 Å². The van der Waals surface area contributed by atoms with Crippen LogP contribution in [-0.2, 0) is 4.74 Å². The first kappa shape index (κ1) is 18.5. The van der Waals surface area contributed by atoms with E-state index in [4.69, 9.17) is 9.47 Å². The summed E-state index contributed by atoms with van der Waals surface area (Å²) in [4.78, 5) is 16.9. The molecule has 0 aliphatic carbocycles. The molecule has 0 radical (unpaired) electrons. The fourth-order valence-corrected chi connectivity index (χ4v) is 3.20. The van der Waals surface area contributed by atoms with E-state index in [1.54, 1.807) is 0 Å². The second-order valence-corrected chi connectivity index (χ2v) is 7.55. The molecule has 1 aromatic carbocycles. The Labute approximate surface area is 147 Å². The van der Waals surface area contributed by atoms with Gasteiger partial charge in [-0.2, -0.15) is 0 Å². The lowest BCUT2D eigenvalue weighted by Crippen LogP contribution is -2.19. The number of ether oxygens (including phenoxy) is 2. The Morgan fingerprint density at radius 3 is 2.46 bits per heavy atom. The molecule has 5 nitrogen and oxygen atoms in total. The fourth-order valence-electron chi connectivity index (χ4n) is 2.20. The number of rotatable bonds is 7. The van der Waals surface area contributed by atoms with Crippen LogP contribution in [0.4, 0.5) is 5.69 Å². The van der Waals surface area contributed by atoms with Crippen LogP contribution in [0.2, 0.25) is 0 Å². The Hall–Kier alpha value is -1.79. The minimum atomic E-state index is -0.278. The Kier molecular flexibility index (Phi) is 6.07. The van der Waals surface area contributed by atoms with Crippen LogP contribution in [0, 0.1) is 0 Å². The van der Waals surface area contributed by atoms with Crippen molar-refractivity contribution in [2.45, 2.75) is 20.0 Å². The van der Waals surface area contributed by atoms with Crippen LogP contribution < -0.4 is 9.64 Å². The highest BCUT2D eigenvalue weighted by Crippen LogP contribution is 2.37. The predicted molar refractivity (Wildman–Crippen MR) is 101 cm³/mol. The number of nitrogens with zero attached hydrogens (tertiary/aromatic N) is 2. The number of fused-ring (bicyclic) bond motifs is 1. The largest absolute Gasteiger partial charge is 0.490 e. The molecule has 0 fully saturated rings. The number of anilines is 1. The standard InChI is InChI=1S/C18H26N2O3S/c1-12(2)23-15-9-13(20(5)6)10-16-14(15)11-17(24-16)18(21)22-8-7-19(3)4/h9-12H,7-8H2,1-6H3. The van der Waals surface area contributed by atoms with Gasteiger partial charge in [0.15, 0.2) is 0 Å². The van der Waals surface area contributed by atoms with Crippen LogP contribution in [0.25, 0.3) is 10.1 Å². The number of hydrogen-bond donors (Lipinski definition) is 0. The predicted octanol–water partition coefficient (Wildman–Crippen LogP) is 3.47. The average molecular weight is 350 g/mol. The first-order valence-corrected chi connectivity index (χ1v) is 8.83. The summed E-state index contributed by atoms with van der Waals surface area (Å²) in [6.07, 6.45) is 0.0704. The summed E-state index contributed by atoms with van der Waals surface area (Å²) in [7, 11) is 7.88. The number of esters is 1. The maximum absolute atomic E-state index is 12.3. The average Bonchev–Trinajstić information content (AvgIpc) is 2.90. The summed E-state index contributed by atoms with van der Waals surface area (Å²) in [5.74, 6) is 0.523. The number of carbonyl (C=O) groups is 1. The molecule has 0 unspecified atom stereocenters. The molecular formula is C18H26N2O3S. The van der Waals surface area contributed by atoms with Crippen molar-refractivity contribution in [3.8, 4) is 5.75 Å². The minimum absolute atomic E-state index is 0.0704. The molecule has 0 bridgehead atoms. The Bertz CT molecular complexity index is 708. The van der Waals surface area contributed by atoms with Crippen LogP contribution in [0.1, 0.15) is 23.5 Å². The van der Waals surface area contributed by atoms with Gasteiger partial charge in [-0.3, -0.25) is 0 Å². The SMILES string of the molecule is CC(C)Oc1cc(N(C)C)cc2sc(C(=O)OCCN(C)C)cc12. The quantitative estimate of drug-likeness (QED) is 0.715. The maximum Gasteiger partial charge on any atom is 0.348 e. The molecule has 0 amide bonds. The number of thiophene rings is 1. The number of likely N-dealkylation sites (N-methyl/N-ethyl adjacent to an activating group) is 1. The molecule has 0 atom stereocenters. The van der Waals surface area contributed by atoms with Crippen molar-refractivity contribution in [3.05, 3.63) is 23.1 Å². The zero-order chi connectivity index (χ0) is 17.9. The lowest BCUT2D eigenvalue weighted by molar-refractivity contribution is 0.0487. The van der Waals surface area contributed by atoms with Gasteiger partial charge in [0, 0.05) is 42.5 Å². The van der Waals surface area contributed by atoms with Gasteiger partial charge in [0.25, 0.3) is 0 Å². The van der Waals surface area contributed by atoms with E-state index in [1.165, 1.54) is 11.3 Å². The van der Waals surface area contributed by atoms with Crippen molar-refractivity contribution in [2.75, 3.05) is 46.2 Å². The van der Waals surface area contributed by atoms with Crippen LogP contribution in [0.5, 0.6) is 5.75 Å². The molecule has 2 rings (SSSR count). The van der Waals surface area contributed by atoms with Crippen molar-refractivity contribution < 1.29 is 14.3 Å². The van der Waals surface area contributed by atoms with Crippen LogP contribution in [0.3, 0.4) is 0 Å². The fraction of sp³-hybridized carbons (Fsp3) is 0.500. The van der Waals surface area contributed by atoms with E-state index in [0.29, 0.717) is 18.0 Å². The second-order valence-electron chi connectivity index (χ2n) is 6.47. The molecular weight excluding hydrogens is 324 g/mol. The lowest BCUT2D eigenvalue weighted by Gasteiger charge is -2.16. The summed E-state index contributed by atoms with van der Waals surface area (Å²) >= 11 is 1.44. The highest BCUT2D eigenvalue weighted by molar-refractivity contribution is 7.20. The summed E-state index contributed by atoms with van der Waals surface area (Å²) in [5, 5.41) is 0.957. The molecule has 24 heavy (non-hydrogen) atoms. The summed E-state index contributed by atoms with van der Waals surface area (Å²) in [6, 6.07) is 5.95. The summed E-state index contributed by atoms with van der Waals surface area (Å²) in [5.41, 5.74) is 1.05. The van der Waals surface area contributed by atoms with Crippen LogP contribution in [0.15, 0.2) is 18.2 Å². The van der Waals surface area contributed by atoms with Gasteiger partial charge in [0.05, 0.1) is 6.10 Å². The van der Waals surface area contributed by atoms with Gasteiger partial charge >= 0.3 is 5.97 Å². The number of carbonyl (C=O) groups excluding carboxylic acids is 1. The third kappa shape index (κ3) is 4.61. The van der Waals surface area contributed by atoms with Gasteiger partial charge in [-0.25, -0.2) is 4.79 Å². The van der Waals surface area contributed by atoms with Gasteiger partial charge in [0.1, 0.15) is 17.2 Å². The molecule has 0 saturated heterocycles. The zero-order valence-electron chi connectivity index (χ0n) is 15.3. The second kappa shape index (κ2) is 7.85. The van der Waals surface area contributed by atoms with Gasteiger partial charge in [-0.1, -0.05) is 0 Å². The van der Waals surface area contributed by atoms with Crippen molar-refractivity contribution in [3.63, 3.8) is 0 Å². The highest BCUT2D eigenvalue weighted by Gasteiger charge is 2.16. The number of benzene rings is 1. The van der Waals surface area contributed by atoms with Crippen molar-refractivity contribution in [1.82, 2.24) is 4.90 Å². The topological polar surface area (TPSA) is 42.0 Å².